The third-order valence-electron chi connectivity index (χ3n) is 2.04. The Balaban J connectivity index is -0.00000112. The van der Waals surface area contributed by atoms with E-state index in [0.717, 1.165) is 0 Å². The van der Waals surface area contributed by atoms with E-state index in [1.54, 1.807) is 0 Å². The van der Waals surface area contributed by atoms with Gasteiger partial charge in [-0.2, -0.15) is 0 Å². The number of amidine groups is 1. The number of nitrogens with one attached hydrogen (secondary N) is 2. The van der Waals surface area contributed by atoms with Crippen LogP contribution in [-0.2, 0) is 4.79 Å². The van der Waals surface area contributed by atoms with Gasteiger partial charge in [0.15, 0.2) is 0 Å². The number of rotatable bonds is 6. The van der Waals surface area contributed by atoms with E-state index in [-0.39, 0.29) is 50.0 Å². The first kappa shape index (κ1) is 22.3. The molecule has 0 aromatic carbocycles. The lowest BCUT2D eigenvalue weighted by Gasteiger charge is -2.17. The van der Waals surface area contributed by atoms with Crippen LogP contribution in [0.2, 0.25) is 0 Å². The van der Waals surface area contributed by atoms with Crippen LogP contribution >= 0.6 is 24.8 Å². The number of hydrogen-bond acceptors (Lipinski definition) is 3. The van der Waals surface area contributed by atoms with E-state index in [9.17, 15) is 9.18 Å². The maximum absolute atomic E-state index is 13.1. The topological polar surface area (TPSA) is 99.2 Å². The first-order chi connectivity index (χ1) is 7.25. The fraction of sp³-hybridized carbons (Fsp3) is 0.600. The lowest BCUT2D eigenvalue weighted by atomic mass is 9.97. The van der Waals surface area contributed by atoms with Crippen molar-refractivity contribution in [1.29, 1.82) is 5.41 Å². The summed E-state index contributed by atoms with van der Waals surface area (Å²) in [6, 6.07) is 0. The Labute approximate surface area is 118 Å². The summed E-state index contributed by atoms with van der Waals surface area (Å²) in [6.07, 6.45) is 1.70. The highest BCUT2D eigenvalue weighted by Crippen LogP contribution is 2.11. The summed E-state index contributed by atoms with van der Waals surface area (Å²) in [4.78, 5) is 10.6. The van der Waals surface area contributed by atoms with Gasteiger partial charge in [0.05, 0.1) is 12.4 Å². The summed E-state index contributed by atoms with van der Waals surface area (Å²) in [6.45, 7) is 2.85. The second kappa shape index (κ2) is 10.1. The van der Waals surface area contributed by atoms with Crippen LogP contribution in [0.25, 0.3) is 0 Å². The van der Waals surface area contributed by atoms with Gasteiger partial charge in [-0.1, -0.05) is 6.08 Å². The van der Waals surface area contributed by atoms with Crippen molar-refractivity contribution in [2.75, 3.05) is 6.54 Å². The van der Waals surface area contributed by atoms with Gasteiger partial charge in [0.1, 0.15) is 11.4 Å². The average molecular weight is 304 g/mol. The van der Waals surface area contributed by atoms with E-state index in [4.69, 9.17) is 16.2 Å². The van der Waals surface area contributed by atoms with E-state index in [1.807, 2.05) is 0 Å². The molecule has 0 aliphatic carbocycles. The molecular weight excluding hydrogens is 284 g/mol. The summed E-state index contributed by atoms with van der Waals surface area (Å²) in [5, 5.41) is 18.2. The van der Waals surface area contributed by atoms with Gasteiger partial charge < -0.3 is 16.2 Å². The Hall–Kier alpha value is -0.850. The number of allylic oxidation sites excluding steroid dienone is 1. The molecule has 0 aromatic rings. The summed E-state index contributed by atoms with van der Waals surface area (Å²) < 4.78 is 13.1. The zero-order valence-electron chi connectivity index (χ0n) is 10.3. The molecule has 5 nitrogen and oxygen atoms in total. The molecule has 0 spiro atoms. The largest absolute Gasteiger partial charge is 0.480 e. The highest BCUT2D eigenvalue weighted by Gasteiger charge is 2.26. The SMILES string of the molecule is CC(=N)NC/C(F)=C\CC[C@](C)(N)C(=O)O.Cl.Cl. The van der Waals surface area contributed by atoms with Crippen LogP contribution in [0.1, 0.15) is 26.7 Å². The average Bonchev–Trinajstić information content (AvgIpc) is 2.14. The molecule has 18 heavy (non-hydrogen) atoms. The van der Waals surface area contributed by atoms with Crippen molar-refractivity contribution in [2.45, 2.75) is 32.2 Å². The molecule has 0 aromatic heterocycles. The van der Waals surface area contributed by atoms with Crippen molar-refractivity contribution in [3.8, 4) is 0 Å². The lowest BCUT2D eigenvalue weighted by molar-refractivity contribution is -0.142. The summed E-state index contributed by atoms with van der Waals surface area (Å²) in [7, 11) is 0. The van der Waals surface area contributed by atoms with E-state index < -0.39 is 17.3 Å². The van der Waals surface area contributed by atoms with Crippen molar-refractivity contribution in [1.82, 2.24) is 5.32 Å². The van der Waals surface area contributed by atoms with E-state index in [1.165, 1.54) is 19.9 Å². The molecule has 0 aliphatic heterocycles. The van der Waals surface area contributed by atoms with Crippen molar-refractivity contribution >= 4 is 36.6 Å². The van der Waals surface area contributed by atoms with Crippen molar-refractivity contribution in [3.63, 3.8) is 0 Å². The van der Waals surface area contributed by atoms with Crippen LogP contribution in [0.15, 0.2) is 11.9 Å². The fourth-order valence-corrected chi connectivity index (χ4v) is 0.925. The number of halogens is 3. The summed E-state index contributed by atoms with van der Waals surface area (Å²) >= 11 is 0. The van der Waals surface area contributed by atoms with Gasteiger partial charge in [-0.15, -0.1) is 24.8 Å². The monoisotopic (exact) mass is 303 g/mol. The van der Waals surface area contributed by atoms with Gasteiger partial charge in [0, 0.05) is 0 Å². The molecule has 108 valence electrons. The fourth-order valence-electron chi connectivity index (χ4n) is 0.925. The molecule has 0 rings (SSSR count). The summed E-state index contributed by atoms with van der Waals surface area (Å²) in [5.74, 6) is -1.35. The molecule has 0 saturated heterocycles. The molecule has 5 N–H and O–H groups in total. The van der Waals surface area contributed by atoms with E-state index >= 15 is 0 Å². The molecule has 1 atom stereocenters. The number of carboxylic acid groups (broad SMARTS) is 1. The molecule has 0 bridgehead atoms. The van der Waals surface area contributed by atoms with Gasteiger partial charge in [-0.05, 0) is 26.7 Å². The van der Waals surface area contributed by atoms with Gasteiger partial charge >= 0.3 is 5.97 Å². The third kappa shape index (κ3) is 10.3. The van der Waals surface area contributed by atoms with Crippen molar-refractivity contribution < 1.29 is 14.3 Å². The van der Waals surface area contributed by atoms with Crippen LogP contribution in [0, 0.1) is 5.41 Å². The second-order valence-electron chi connectivity index (χ2n) is 3.89. The predicted octanol–water partition coefficient (Wildman–Crippen LogP) is 1.85. The first-order valence-electron chi connectivity index (χ1n) is 4.91. The Morgan fingerprint density at radius 3 is 2.44 bits per heavy atom. The quantitative estimate of drug-likeness (QED) is 0.444. The first-order valence-corrected chi connectivity index (χ1v) is 4.91. The molecule has 0 amide bonds. The normalized spacial score (nSPS) is 13.7. The van der Waals surface area contributed by atoms with E-state index in [2.05, 4.69) is 5.32 Å². The molecule has 0 unspecified atom stereocenters. The number of carboxylic acids is 1. The highest BCUT2D eigenvalue weighted by molar-refractivity contribution is 5.85. The molecule has 0 radical (unpaired) electrons. The Kier molecular flexibility index (Phi) is 12.5. The summed E-state index contributed by atoms with van der Waals surface area (Å²) in [5.41, 5.74) is 4.14. The van der Waals surface area contributed by atoms with Crippen LogP contribution in [0.5, 0.6) is 0 Å². The Morgan fingerprint density at radius 2 is 2.06 bits per heavy atom. The minimum absolute atomic E-state index is 0. The number of hydrogen-bond donors (Lipinski definition) is 4. The van der Waals surface area contributed by atoms with Crippen LogP contribution in [-0.4, -0.2) is 29.0 Å². The van der Waals surface area contributed by atoms with Gasteiger partial charge in [-0.3, -0.25) is 10.2 Å². The minimum Gasteiger partial charge on any atom is -0.480 e. The molecular formula is C10H20Cl2FN3O2. The van der Waals surface area contributed by atoms with Gasteiger partial charge in [-0.25, -0.2) is 4.39 Å². The minimum atomic E-state index is -1.33. The molecule has 0 saturated carbocycles. The molecule has 0 fully saturated rings. The molecule has 0 heterocycles. The maximum Gasteiger partial charge on any atom is 0.323 e. The standard InChI is InChI=1S/C10H18FN3O2.2ClH/c1-7(12)14-6-8(11)4-3-5-10(2,13)9(15)16;;/h4H,3,5-6,13H2,1-2H3,(H2,12,14)(H,15,16);2*1H/b8-4+;;/t10-;;/m0../s1. The number of nitrogens with two attached hydrogens (primary N) is 1. The van der Waals surface area contributed by atoms with Crippen molar-refractivity contribution in [2.24, 2.45) is 5.73 Å². The smallest absolute Gasteiger partial charge is 0.323 e. The maximum atomic E-state index is 13.1. The predicted molar refractivity (Wildman–Crippen MR) is 74.6 cm³/mol. The number of carbonyl (C=O) groups is 1. The lowest BCUT2D eigenvalue weighted by Crippen LogP contribution is -2.44. The Bertz CT molecular complexity index is 309. The zero-order valence-corrected chi connectivity index (χ0v) is 12.0. The van der Waals surface area contributed by atoms with Crippen LogP contribution in [0.4, 0.5) is 4.39 Å². The zero-order chi connectivity index (χ0) is 12.8. The van der Waals surface area contributed by atoms with Crippen molar-refractivity contribution in [3.05, 3.63) is 11.9 Å². The third-order valence-corrected chi connectivity index (χ3v) is 2.04. The van der Waals surface area contributed by atoms with Gasteiger partial charge in [0.2, 0.25) is 0 Å². The second-order valence-corrected chi connectivity index (χ2v) is 3.89. The van der Waals surface area contributed by atoms with Gasteiger partial charge in [0.25, 0.3) is 0 Å². The number of aliphatic carboxylic acids is 1. The van der Waals surface area contributed by atoms with E-state index in [0.29, 0.717) is 0 Å². The highest BCUT2D eigenvalue weighted by atomic mass is 35.5. The van der Waals surface area contributed by atoms with Crippen LogP contribution in [0.3, 0.4) is 0 Å². The molecule has 0 aliphatic rings. The van der Waals surface area contributed by atoms with Crippen LogP contribution < -0.4 is 11.1 Å². The molecule has 8 heteroatoms. The Morgan fingerprint density at radius 1 is 1.56 bits per heavy atom.